The maximum Gasteiger partial charge on any atom is 0.267 e. The molecule has 0 N–H and O–H groups in total. The fourth-order valence-corrected chi connectivity index (χ4v) is 3.96. The largest absolute Gasteiger partial charge is 0.367 e. The Morgan fingerprint density at radius 1 is 1.17 bits per heavy atom. The Balaban J connectivity index is 1.50. The molecule has 2 aliphatic heterocycles. The van der Waals surface area contributed by atoms with Gasteiger partial charge in [0.2, 0.25) is 0 Å². The predicted molar refractivity (Wildman–Crippen MR) is 90.8 cm³/mol. The maximum atomic E-state index is 11.7. The minimum Gasteiger partial charge on any atom is -0.367 e. The van der Waals surface area contributed by atoms with Crippen molar-refractivity contribution in [2.24, 2.45) is 5.92 Å². The molecule has 2 aromatic rings. The van der Waals surface area contributed by atoms with Crippen molar-refractivity contribution >= 4 is 5.69 Å². The molecule has 1 aromatic carbocycles. The van der Waals surface area contributed by atoms with Crippen molar-refractivity contribution in [1.29, 1.82) is 0 Å². The number of rotatable bonds is 3. The number of hydrogen-bond donors (Lipinski definition) is 0. The summed E-state index contributed by atoms with van der Waals surface area (Å²) in [6.07, 6.45) is 2.94. The van der Waals surface area contributed by atoms with Crippen LogP contribution < -0.4 is 10.5 Å². The molecule has 0 bridgehead atoms. The van der Waals surface area contributed by atoms with Crippen LogP contribution in [0, 0.1) is 5.92 Å². The topological polar surface area (TPSA) is 41.4 Å². The molecule has 0 unspecified atom stereocenters. The number of likely N-dealkylation sites (N-methyl/N-ethyl adjacent to an activating group) is 1. The van der Waals surface area contributed by atoms with E-state index in [0.717, 1.165) is 24.6 Å². The molecule has 5 heteroatoms. The van der Waals surface area contributed by atoms with Crippen molar-refractivity contribution in [1.82, 2.24) is 14.7 Å². The molecule has 0 saturated carbocycles. The summed E-state index contributed by atoms with van der Waals surface area (Å²) in [6.45, 7) is 4.06. The molecule has 0 aliphatic carbocycles. The van der Waals surface area contributed by atoms with Gasteiger partial charge in [0.15, 0.2) is 0 Å². The second kappa shape index (κ2) is 5.81. The number of fused-ring (bicyclic) bond motifs is 1. The van der Waals surface area contributed by atoms with Crippen molar-refractivity contribution in [3.63, 3.8) is 0 Å². The molecule has 0 radical (unpaired) electrons. The maximum absolute atomic E-state index is 11.7. The van der Waals surface area contributed by atoms with E-state index in [1.165, 1.54) is 23.3 Å². The van der Waals surface area contributed by atoms with E-state index in [9.17, 15) is 4.79 Å². The zero-order chi connectivity index (χ0) is 15.8. The van der Waals surface area contributed by atoms with Crippen LogP contribution in [0.1, 0.15) is 12.0 Å². The first-order chi connectivity index (χ1) is 11.2. The minimum atomic E-state index is -0.0621. The molecule has 2 saturated heterocycles. The summed E-state index contributed by atoms with van der Waals surface area (Å²) in [5.74, 6) is 0.812. The van der Waals surface area contributed by atoms with E-state index in [0.29, 0.717) is 12.6 Å². The highest BCUT2D eigenvalue weighted by atomic mass is 16.1. The first kappa shape index (κ1) is 14.5. The van der Waals surface area contributed by atoms with Gasteiger partial charge in [-0.2, -0.15) is 5.10 Å². The summed E-state index contributed by atoms with van der Waals surface area (Å²) in [5.41, 5.74) is 2.34. The molecule has 5 nitrogen and oxygen atoms in total. The Bertz CT molecular complexity index is 739. The molecule has 0 spiro atoms. The number of hydrogen-bond acceptors (Lipinski definition) is 4. The van der Waals surface area contributed by atoms with Crippen molar-refractivity contribution in [2.75, 3.05) is 31.6 Å². The van der Waals surface area contributed by atoms with Gasteiger partial charge in [0.1, 0.15) is 0 Å². The summed E-state index contributed by atoms with van der Waals surface area (Å²) in [5, 5.41) is 4.11. The Morgan fingerprint density at radius 2 is 2.00 bits per heavy atom. The van der Waals surface area contributed by atoms with Crippen LogP contribution in [0.25, 0.3) is 0 Å². The van der Waals surface area contributed by atoms with Crippen molar-refractivity contribution in [3.8, 4) is 0 Å². The SMILES string of the molecule is CN1C[C@H]2CCN(c3ccc(Cn4ncccc4=O)cc3)[C@H]2C1. The standard InChI is InChI=1S/C18H22N4O/c1-20-12-15-8-10-21(17(15)13-20)16-6-4-14(5-7-16)11-22-18(23)3-2-9-19-22/h2-7,9,15,17H,8,10-13H2,1H3/t15-,17+/m1/s1. The fourth-order valence-electron chi connectivity index (χ4n) is 3.96. The van der Waals surface area contributed by atoms with Gasteiger partial charge in [-0.3, -0.25) is 4.79 Å². The Labute approximate surface area is 136 Å². The van der Waals surface area contributed by atoms with Gasteiger partial charge in [-0.05, 0) is 43.1 Å². The van der Waals surface area contributed by atoms with Gasteiger partial charge in [-0.1, -0.05) is 12.1 Å². The van der Waals surface area contributed by atoms with Crippen LogP contribution in [0.15, 0.2) is 47.4 Å². The number of nitrogens with zero attached hydrogens (tertiary/aromatic N) is 4. The van der Waals surface area contributed by atoms with Crippen LogP contribution in [-0.2, 0) is 6.54 Å². The average molecular weight is 310 g/mol. The van der Waals surface area contributed by atoms with Gasteiger partial charge in [-0.15, -0.1) is 0 Å². The Morgan fingerprint density at radius 3 is 2.78 bits per heavy atom. The quantitative estimate of drug-likeness (QED) is 0.860. The van der Waals surface area contributed by atoms with Crippen LogP contribution in [0.4, 0.5) is 5.69 Å². The lowest BCUT2D eigenvalue weighted by Gasteiger charge is -2.26. The highest BCUT2D eigenvalue weighted by Gasteiger charge is 2.39. The smallest absolute Gasteiger partial charge is 0.267 e. The number of aromatic nitrogens is 2. The van der Waals surface area contributed by atoms with Crippen LogP contribution in [0.5, 0.6) is 0 Å². The predicted octanol–water partition coefficient (Wildman–Crippen LogP) is 1.43. The molecule has 4 rings (SSSR count). The van der Waals surface area contributed by atoms with E-state index >= 15 is 0 Å². The summed E-state index contributed by atoms with van der Waals surface area (Å²) < 4.78 is 1.49. The van der Waals surface area contributed by atoms with Crippen LogP contribution in [0.3, 0.4) is 0 Å². The molecule has 3 heterocycles. The molecule has 2 atom stereocenters. The highest BCUT2D eigenvalue weighted by Crippen LogP contribution is 2.34. The normalized spacial score (nSPS) is 24.1. The Kier molecular flexibility index (Phi) is 3.65. The zero-order valence-electron chi connectivity index (χ0n) is 13.4. The summed E-state index contributed by atoms with van der Waals surface area (Å²) in [4.78, 5) is 16.7. The van der Waals surface area contributed by atoms with Crippen LogP contribution in [-0.4, -0.2) is 47.4 Å². The lowest BCUT2D eigenvalue weighted by molar-refractivity contribution is 0.386. The van der Waals surface area contributed by atoms with E-state index in [1.807, 2.05) is 0 Å². The first-order valence-electron chi connectivity index (χ1n) is 8.27. The third-order valence-electron chi connectivity index (χ3n) is 5.12. The molecule has 23 heavy (non-hydrogen) atoms. The van der Waals surface area contributed by atoms with Crippen molar-refractivity contribution < 1.29 is 0 Å². The second-order valence-electron chi connectivity index (χ2n) is 6.72. The summed E-state index contributed by atoms with van der Waals surface area (Å²) in [6, 6.07) is 12.5. The second-order valence-corrected chi connectivity index (χ2v) is 6.72. The summed E-state index contributed by atoms with van der Waals surface area (Å²) in [7, 11) is 2.21. The molecule has 120 valence electrons. The van der Waals surface area contributed by atoms with E-state index in [1.54, 1.807) is 18.3 Å². The van der Waals surface area contributed by atoms with E-state index in [-0.39, 0.29) is 5.56 Å². The number of likely N-dealkylation sites (tertiary alicyclic amines) is 1. The van der Waals surface area contributed by atoms with Gasteiger partial charge in [-0.25, -0.2) is 4.68 Å². The van der Waals surface area contributed by atoms with E-state index in [2.05, 4.69) is 46.2 Å². The van der Waals surface area contributed by atoms with E-state index in [4.69, 9.17) is 0 Å². The number of anilines is 1. The molecular weight excluding hydrogens is 288 g/mol. The third-order valence-corrected chi connectivity index (χ3v) is 5.12. The monoisotopic (exact) mass is 310 g/mol. The van der Waals surface area contributed by atoms with E-state index < -0.39 is 0 Å². The molecule has 1 aromatic heterocycles. The fraction of sp³-hybridized carbons (Fsp3) is 0.444. The van der Waals surface area contributed by atoms with Crippen LogP contribution >= 0.6 is 0 Å². The average Bonchev–Trinajstić information content (AvgIpc) is 3.09. The zero-order valence-corrected chi connectivity index (χ0v) is 13.4. The Hall–Kier alpha value is -2.14. The highest BCUT2D eigenvalue weighted by molar-refractivity contribution is 5.50. The molecular formula is C18H22N4O. The van der Waals surface area contributed by atoms with Gasteiger partial charge >= 0.3 is 0 Å². The van der Waals surface area contributed by atoms with Gasteiger partial charge in [0, 0.05) is 43.6 Å². The minimum absolute atomic E-state index is 0.0621. The lowest BCUT2D eigenvalue weighted by atomic mass is 10.0. The van der Waals surface area contributed by atoms with Gasteiger partial charge < -0.3 is 9.80 Å². The van der Waals surface area contributed by atoms with Gasteiger partial charge in [0.25, 0.3) is 5.56 Å². The van der Waals surface area contributed by atoms with Gasteiger partial charge in [0.05, 0.1) is 6.54 Å². The number of benzene rings is 1. The molecule has 2 aliphatic rings. The first-order valence-corrected chi connectivity index (χ1v) is 8.27. The van der Waals surface area contributed by atoms with Crippen molar-refractivity contribution in [2.45, 2.75) is 19.0 Å². The molecule has 0 amide bonds. The van der Waals surface area contributed by atoms with Crippen LogP contribution in [0.2, 0.25) is 0 Å². The summed E-state index contributed by atoms with van der Waals surface area (Å²) >= 11 is 0. The lowest BCUT2D eigenvalue weighted by Crippen LogP contribution is -2.34. The molecule has 2 fully saturated rings. The third kappa shape index (κ3) is 2.77. The van der Waals surface area contributed by atoms with Crippen molar-refractivity contribution in [3.05, 3.63) is 58.5 Å².